The van der Waals surface area contributed by atoms with E-state index in [0.717, 1.165) is 27.8 Å². The molecule has 0 saturated heterocycles. The summed E-state index contributed by atoms with van der Waals surface area (Å²) in [4.78, 5) is 46.7. The second-order valence-electron chi connectivity index (χ2n) is 13.3. The van der Waals surface area contributed by atoms with Crippen LogP contribution in [0.5, 0.6) is 0 Å². The van der Waals surface area contributed by atoms with Crippen LogP contribution < -0.4 is 10.6 Å². The number of hydrogen-bond acceptors (Lipinski definition) is 11. The van der Waals surface area contributed by atoms with Crippen molar-refractivity contribution in [3.05, 3.63) is 116 Å². The third-order valence-electron chi connectivity index (χ3n) is 8.71. The number of rotatable bonds is 19. The molecule has 0 aliphatic rings. The first-order valence-electron chi connectivity index (χ1n) is 18.2. The molecule has 324 valence electrons. The van der Waals surface area contributed by atoms with E-state index in [2.05, 4.69) is 10.6 Å². The lowest BCUT2D eigenvalue weighted by Gasteiger charge is -2.27. The van der Waals surface area contributed by atoms with Crippen LogP contribution >= 0.6 is 46.4 Å². The molecule has 18 heteroatoms. The van der Waals surface area contributed by atoms with Gasteiger partial charge in [0.1, 0.15) is 25.4 Å². The zero-order valence-electron chi connectivity index (χ0n) is 32.7. The van der Waals surface area contributed by atoms with Crippen LogP contribution in [0.15, 0.2) is 84.9 Å². The topological polar surface area (TPSA) is 221 Å². The summed E-state index contributed by atoms with van der Waals surface area (Å²) in [5.74, 6) is -3.59. The van der Waals surface area contributed by atoms with Crippen molar-refractivity contribution >= 4 is 70.2 Å². The Bertz CT molecular complexity index is 2000. The lowest BCUT2D eigenvalue weighted by molar-refractivity contribution is -0.161. The molecule has 0 saturated carbocycles. The Morgan fingerprint density at radius 3 is 1.23 bits per heavy atom. The number of aliphatic carboxylic acids is 1. The summed E-state index contributed by atoms with van der Waals surface area (Å²) in [5, 5.41) is 56.6. The highest BCUT2D eigenvalue weighted by molar-refractivity contribution is 6.35. The van der Waals surface area contributed by atoms with E-state index in [1.54, 1.807) is 55.5 Å². The molecular weight excluding hydrogens is 866 g/mol. The lowest BCUT2D eigenvalue weighted by atomic mass is 9.96. The summed E-state index contributed by atoms with van der Waals surface area (Å²) in [6, 6.07) is 22.9. The van der Waals surface area contributed by atoms with E-state index < -0.39 is 60.3 Å². The highest BCUT2D eigenvalue weighted by Gasteiger charge is 2.34. The van der Waals surface area contributed by atoms with Gasteiger partial charge in [-0.05, 0) is 89.5 Å². The van der Waals surface area contributed by atoms with Crippen LogP contribution in [0.25, 0.3) is 22.3 Å². The van der Waals surface area contributed by atoms with Gasteiger partial charge in [-0.25, -0.2) is 9.59 Å². The highest BCUT2D eigenvalue weighted by Crippen LogP contribution is 2.29. The molecule has 0 spiro atoms. The number of carboxylic acids is 1. The highest BCUT2D eigenvalue weighted by atomic mass is 35.5. The average molecular weight is 913 g/mol. The Morgan fingerprint density at radius 1 is 0.567 bits per heavy atom. The van der Waals surface area contributed by atoms with Crippen molar-refractivity contribution in [1.82, 2.24) is 10.6 Å². The van der Waals surface area contributed by atoms with E-state index in [-0.39, 0.29) is 32.7 Å². The van der Waals surface area contributed by atoms with Gasteiger partial charge in [0.25, 0.3) is 0 Å². The smallest absolute Gasteiger partial charge is 0.337 e. The second kappa shape index (κ2) is 24.8. The molecule has 0 aliphatic heterocycles. The van der Waals surface area contributed by atoms with Crippen molar-refractivity contribution in [3.63, 3.8) is 0 Å². The first kappa shape index (κ1) is 50.0. The van der Waals surface area contributed by atoms with Crippen molar-refractivity contribution in [1.29, 1.82) is 0 Å². The van der Waals surface area contributed by atoms with E-state index >= 15 is 0 Å². The van der Waals surface area contributed by atoms with Gasteiger partial charge in [-0.15, -0.1) is 0 Å². The minimum Gasteiger partial charge on any atom is -0.479 e. The summed E-state index contributed by atoms with van der Waals surface area (Å²) in [5.41, 5.74) is 4.85. The fourth-order valence-corrected chi connectivity index (χ4v) is 6.89. The molecular formula is C42H46Cl4N2O12. The zero-order chi connectivity index (χ0) is 44.5. The SMILES string of the molecule is CCOC(=O)[C@@H](O)[C@H](O)[C@@H](Cc1ccc(-c2cc(Cl)cc(Cl)c2)cc1)NC(=O)COC.COCC(=O)N[C@H](Cc1ccc(-c2cc(Cl)cc(Cl)c2)cc1)[C@@H](O)[C@H](O)C(=O)O. The second-order valence-corrected chi connectivity index (χ2v) is 15.0. The molecule has 2 amide bonds. The third kappa shape index (κ3) is 15.9. The minimum absolute atomic E-state index is 0.0539. The van der Waals surface area contributed by atoms with Crippen molar-refractivity contribution < 1.29 is 58.9 Å². The van der Waals surface area contributed by atoms with E-state index in [0.29, 0.717) is 25.7 Å². The number of hydrogen-bond donors (Lipinski definition) is 7. The van der Waals surface area contributed by atoms with E-state index in [1.807, 2.05) is 36.4 Å². The molecule has 60 heavy (non-hydrogen) atoms. The van der Waals surface area contributed by atoms with Gasteiger partial charge in [-0.1, -0.05) is 94.9 Å². The molecule has 0 bridgehead atoms. The average Bonchev–Trinajstić information content (AvgIpc) is 3.19. The number of carbonyl (C=O) groups excluding carboxylic acids is 3. The molecule has 14 nitrogen and oxygen atoms in total. The summed E-state index contributed by atoms with van der Waals surface area (Å²) >= 11 is 24.2. The Kier molecular flexibility index (Phi) is 20.7. The van der Waals surface area contributed by atoms with Gasteiger partial charge >= 0.3 is 11.9 Å². The maximum absolute atomic E-state index is 12.0. The van der Waals surface area contributed by atoms with Crippen molar-refractivity contribution in [2.24, 2.45) is 0 Å². The summed E-state index contributed by atoms with van der Waals surface area (Å²) in [6.45, 7) is 1.15. The number of benzene rings is 4. The molecule has 0 radical (unpaired) electrons. The Balaban J connectivity index is 0.000000321. The van der Waals surface area contributed by atoms with E-state index in [1.165, 1.54) is 14.2 Å². The normalized spacial score (nSPS) is 14.0. The van der Waals surface area contributed by atoms with Crippen LogP contribution in [0, 0.1) is 0 Å². The van der Waals surface area contributed by atoms with E-state index in [9.17, 15) is 39.6 Å². The lowest BCUT2D eigenvalue weighted by Crippen LogP contribution is -2.53. The number of halogens is 4. The number of esters is 1. The number of ether oxygens (including phenoxy) is 3. The Labute approximate surface area is 366 Å². The fraction of sp³-hybridized carbons (Fsp3) is 0.333. The van der Waals surface area contributed by atoms with E-state index in [4.69, 9.17) is 65.7 Å². The molecule has 0 fully saturated rings. The molecule has 7 N–H and O–H groups in total. The first-order valence-corrected chi connectivity index (χ1v) is 19.8. The molecule has 0 heterocycles. The summed E-state index contributed by atoms with van der Waals surface area (Å²) in [7, 11) is 2.69. The number of carboxylic acid groups (broad SMARTS) is 1. The molecule has 6 atom stereocenters. The molecule has 4 aromatic carbocycles. The van der Waals surface area contributed by atoms with Crippen LogP contribution in [-0.4, -0.2) is 120 Å². The maximum Gasteiger partial charge on any atom is 0.337 e. The summed E-state index contributed by atoms with van der Waals surface area (Å²) in [6.07, 6.45) is -6.89. The molecule has 4 aromatic rings. The first-order chi connectivity index (χ1) is 28.4. The standard InChI is InChI=1S/C22H25Cl2NO6.C20H21Cl2NO6/c1-3-31-22(29)21(28)20(27)18(25-19(26)12-30-2)8-13-4-6-14(7-5-13)15-9-16(23)11-17(24)10-15;1-29-10-17(24)23-16(18(25)19(26)20(27)28)6-11-2-4-12(5-3-11)13-7-14(21)9-15(22)8-13/h4-7,9-11,18,20-21,27-28H,3,8,12H2,1-2H3,(H,25,26);2-5,7-9,16,18-19,25-26H,6,10H2,1H3,(H,23,24)(H,27,28)/t18-,20-,21+;16-,18-,19+/m11/s1. The van der Waals surface area contributed by atoms with Gasteiger partial charge in [0.2, 0.25) is 11.8 Å². The van der Waals surface area contributed by atoms with Crippen LogP contribution in [0.3, 0.4) is 0 Å². The number of carbonyl (C=O) groups is 4. The van der Waals surface area contributed by atoms with Crippen molar-refractivity contribution in [3.8, 4) is 22.3 Å². The van der Waals surface area contributed by atoms with Gasteiger partial charge in [-0.3, -0.25) is 9.59 Å². The number of amides is 2. The molecule has 0 aliphatic carbocycles. The number of methoxy groups -OCH3 is 2. The maximum atomic E-state index is 12.0. The monoisotopic (exact) mass is 910 g/mol. The predicted molar refractivity (Wildman–Crippen MR) is 227 cm³/mol. The molecule has 4 rings (SSSR count). The number of aliphatic hydroxyl groups is 4. The molecule has 0 unspecified atom stereocenters. The van der Waals surface area contributed by atoms with Crippen LogP contribution in [-0.2, 0) is 46.2 Å². The van der Waals surface area contributed by atoms with Crippen molar-refractivity contribution in [2.75, 3.05) is 34.0 Å². The van der Waals surface area contributed by atoms with Gasteiger partial charge in [-0.2, -0.15) is 0 Å². The minimum atomic E-state index is -2.05. The predicted octanol–water partition coefficient (Wildman–Crippen LogP) is 4.76. The largest absolute Gasteiger partial charge is 0.479 e. The van der Waals surface area contributed by atoms with Crippen LogP contribution in [0.2, 0.25) is 20.1 Å². The number of nitrogens with one attached hydrogen (secondary N) is 2. The molecule has 0 aromatic heterocycles. The van der Waals surface area contributed by atoms with Crippen LogP contribution in [0.1, 0.15) is 18.1 Å². The Morgan fingerprint density at radius 2 is 0.917 bits per heavy atom. The zero-order valence-corrected chi connectivity index (χ0v) is 35.7. The van der Waals surface area contributed by atoms with Gasteiger partial charge in [0.15, 0.2) is 12.2 Å². The fourth-order valence-electron chi connectivity index (χ4n) is 5.84. The Hall–Kier alpha value is -4.32. The van der Waals surface area contributed by atoms with Crippen LogP contribution in [0.4, 0.5) is 0 Å². The number of aliphatic hydroxyl groups excluding tert-OH is 4. The van der Waals surface area contributed by atoms with Gasteiger partial charge in [0.05, 0.1) is 18.7 Å². The quantitative estimate of drug-likeness (QED) is 0.0634. The third-order valence-corrected chi connectivity index (χ3v) is 9.58. The van der Waals surface area contributed by atoms with Gasteiger partial charge in [0, 0.05) is 34.3 Å². The summed E-state index contributed by atoms with van der Waals surface area (Å²) < 4.78 is 14.3. The van der Waals surface area contributed by atoms with Gasteiger partial charge < -0.3 is 50.4 Å². The van der Waals surface area contributed by atoms with Crippen molar-refractivity contribution in [2.45, 2.75) is 56.3 Å².